The monoisotopic (exact) mass is 353 g/mol. The lowest BCUT2D eigenvalue weighted by atomic mass is 10.0. The number of benzene rings is 2. The Hall–Kier alpha value is -2.40. The molecule has 2 aromatic rings. The topological polar surface area (TPSA) is 28.1 Å². The highest BCUT2D eigenvalue weighted by molar-refractivity contribution is 6.01. The highest BCUT2D eigenvalue weighted by Gasteiger charge is 2.26. The molecule has 26 heavy (non-hydrogen) atoms. The van der Waals surface area contributed by atoms with E-state index in [1.165, 1.54) is 17.7 Å². The third-order valence-corrected chi connectivity index (χ3v) is 5.11. The molecule has 0 aromatic heterocycles. The zero-order valence-corrected chi connectivity index (χ0v) is 15.1. The summed E-state index contributed by atoms with van der Waals surface area (Å²) < 4.78 is 13.1. The maximum Gasteiger partial charge on any atom is 0.145 e. The van der Waals surface area contributed by atoms with E-state index in [1.807, 2.05) is 12.1 Å². The van der Waals surface area contributed by atoms with Crippen LogP contribution in [0.2, 0.25) is 0 Å². The number of nitrogens with zero attached hydrogens (tertiary/aromatic N) is 3. The second-order valence-electron chi connectivity index (χ2n) is 7.10. The molecule has 4 rings (SSSR count). The molecule has 2 heterocycles. The third kappa shape index (κ3) is 3.88. The van der Waals surface area contributed by atoms with Gasteiger partial charge in [-0.1, -0.05) is 35.0 Å². The average Bonchev–Trinajstić information content (AvgIpc) is 3.12. The van der Waals surface area contributed by atoms with Gasteiger partial charge in [0.2, 0.25) is 0 Å². The molecule has 1 fully saturated rings. The van der Waals surface area contributed by atoms with Crippen LogP contribution in [0.5, 0.6) is 0 Å². The Bertz CT molecular complexity index is 782. The number of anilines is 1. The molecular weight excluding hydrogens is 329 g/mol. The Kier molecular flexibility index (Phi) is 4.89. The van der Waals surface area contributed by atoms with Crippen molar-refractivity contribution in [2.75, 3.05) is 37.6 Å². The Morgan fingerprint density at radius 3 is 2.58 bits per heavy atom. The first kappa shape index (κ1) is 17.0. The summed E-state index contributed by atoms with van der Waals surface area (Å²) in [5, 5.41) is 4.31. The van der Waals surface area contributed by atoms with Gasteiger partial charge in [-0.2, -0.15) is 0 Å². The van der Waals surface area contributed by atoms with Gasteiger partial charge in [0, 0.05) is 44.8 Å². The lowest BCUT2D eigenvalue weighted by Crippen LogP contribution is -2.48. The normalized spacial score (nSPS) is 20.8. The van der Waals surface area contributed by atoms with E-state index in [-0.39, 0.29) is 11.9 Å². The number of halogens is 1. The Balaban J connectivity index is 1.27. The first-order valence-corrected chi connectivity index (χ1v) is 9.20. The van der Waals surface area contributed by atoms with E-state index in [0.717, 1.165) is 56.1 Å². The van der Waals surface area contributed by atoms with E-state index in [1.54, 1.807) is 0 Å². The summed E-state index contributed by atoms with van der Waals surface area (Å²) in [6.07, 6.45) is 0.990. The Labute approximate surface area is 153 Å². The molecule has 1 unspecified atom stereocenters. The van der Waals surface area contributed by atoms with Crippen molar-refractivity contribution in [3.8, 4) is 0 Å². The minimum atomic E-state index is -0.185. The molecule has 136 valence electrons. The van der Waals surface area contributed by atoms with Gasteiger partial charge in [-0.3, -0.25) is 4.90 Å². The van der Waals surface area contributed by atoms with Gasteiger partial charge in [0.1, 0.15) is 11.9 Å². The third-order valence-electron chi connectivity index (χ3n) is 5.11. The molecule has 2 aliphatic heterocycles. The maximum absolute atomic E-state index is 13.1. The first-order valence-electron chi connectivity index (χ1n) is 9.20. The fourth-order valence-electron chi connectivity index (χ4n) is 3.65. The number of rotatable bonds is 4. The maximum atomic E-state index is 13.1. The second-order valence-corrected chi connectivity index (χ2v) is 7.10. The van der Waals surface area contributed by atoms with Gasteiger partial charge < -0.3 is 9.74 Å². The molecule has 1 atom stereocenters. The van der Waals surface area contributed by atoms with Gasteiger partial charge in [0.15, 0.2) is 0 Å². The highest BCUT2D eigenvalue weighted by atomic mass is 19.1. The molecule has 0 amide bonds. The Morgan fingerprint density at radius 1 is 1.08 bits per heavy atom. The molecule has 0 radical (unpaired) electrons. The van der Waals surface area contributed by atoms with E-state index in [4.69, 9.17) is 4.84 Å². The lowest BCUT2D eigenvalue weighted by Gasteiger charge is -2.36. The van der Waals surface area contributed by atoms with Crippen LogP contribution in [0, 0.1) is 12.7 Å². The number of hydrogen-bond donors (Lipinski definition) is 0. The summed E-state index contributed by atoms with van der Waals surface area (Å²) in [6.45, 7) is 6.86. The summed E-state index contributed by atoms with van der Waals surface area (Å²) in [5.41, 5.74) is 4.54. The minimum absolute atomic E-state index is 0.128. The molecule has 0 spiro atoms. The van der Waals surface area contributed by atoms with Crippen molar-refractivity contribution in [1.82, 2.24) is 4.90 Å². The average molecular weight is 353 g/mol. The van der Waals surface area contributed by atoms with Crippen molar-refractivity contribution < 1.29 is 9.23 Å². The van der Waals surface area contributed by atoms with Crippen molar-refractivity contribution in [3.05, 3.63) is 65.5 Å². The largest absolute Gasteiger partial charge is 0.390 e. The lowest BCUT2D eigenvalue weighted by molar-refractivity contribution is 0.0510. The van der Waals surface area contributed by atoms with E-state index >= 15 is 0 Å². The first-order chi connectivity index (χ1) is 12.7. The summed E-state index contributed by atoms with van der Waals surface area (Å²) in [7, 11) is 0. The fraction of sp³-hybridized carbons (Fsp3) is 0.381. The predicted molar refractivity (Wildman–Crippen MR) is 102 cm³/mol. The molecule has 0 aliphatic carbocycles. The van der Waals surface area contributed by atoms with Crippen LogP contribution < -0.4 is 4.90 Å². The number of piperazine rings is 1. The molecule has 1 saturated heterocycles. The van der Waals surface area contributed by atoms with Crippen molar-refractivity contribution in [1.29, 1.82) is 0 Å². The Morgan fingerprint density at radius 2 is 1.85 bits per heavy atom. The quantitative estimate of drug-likeness (QED) is 0.843. The van der Waals surface area contributed by atoms with Gasteiger partial charge in [0.05, 0.1) is 5.71 Å². The summed E-state index contributed by atoms with van der Waals surface area (Å²) in [5.74, 6) is -0.185. The second kappa shape index (κ2) is 7.46. The van der Waals surface area contributed by atoms with Crippen LogP contribution in [-0.2, 0) is 4.84 Å². The van der Waals surface area contributed by atoms with Crippen molar-refractivity contribution in [2.45, 2.75) is 19.4 Å². The molecule has 5 heteroatoms. The van der Waals surface area contributed by atoms with Gasteiger partial charge in [-0.05, 0) is 36.8 Å². The van der Waals surface area contributed by atoms with E-state index in [2.05, 4.69) is 46.1 Å². The summed E-state index contributed by atoms with van der Waals surface area (Å²) >= 11 is 0. The zero-order chi connectivity index (χ0) is 17.9. The van der Waals surface area contributed by atoms with E-state index < -0.39 is 0 Å². The predicted octanol–water partition coefficient (Wildman–Crippen LogP) is 3.45. The number of hydrogen-bond acceptors (Lipinski definition) is 4. The summed E-state index contributed by atoms with van der Waals surface area (Å²) in [6, 6.07) is 15.2. The SMILES string of the molecule is Cc1cccc(C2=NOC(CN3CCN(c4ccc(F)cc4)CC3)C2)c1. The highest BCUT2D eigenvalue weighted by Crippen LogP contribution is 2.21. The fourth-order valence-corrected chi connectivity index (χ4v) is 3.65. The van der Waals surface area contributed by atoms with E-state index in [0.29, 0.717) is 0 Å². The summed E-state index contributed by atoms with van der Waals surface area (Å²) in [4.78, 5) is 10.4. The van der Waals surface area contributed by atoms with Gasteiger partial charge >= 0.3 is 0 Å². The van der Waals surface area contributed by atoms with Crippen LogP contribution in [0.15, 0.2) is 53.7 Å². The molecular formula is C21H24FN3O. The molecule has 4 nitrogen and oxygen atoms in total. The van der Waals surface area contributed by atoms with Gasteiger partial charge in [-0.15, -0.1) is 0 Å². The van der Waals surface area contributed by atoms with Crippen LogP contribution in [0.4, 0.5) is 10.1 Å². The van der Waals surface area contributed by atoms with Crippen LogP contribution in [0.1, 0.15) is 17.5 Å². The van der Waals surface area contributed by atoms with Crippen LogP contribution >= 0.6 is 0 Å². The van der Waals surface area contributed by atoms with Crippen molar-refractivity contribution in [2.24, 2.45) is 5.16 Å². The number of oxime groups is 1. The number of aryl methyl sites for hydroxylation is 1. The van der Waals surface area contributed by atoms with Crippen LogP contribution in [-0.4, -0.2) is 49.4 Å². The smallest absolute Gasteiger partial charge is 0.145 e. The molecule has 2 aromatic carbocycles. The van der Waals surface area contributed by atoms with E-state index in [9.17, 15) is 4.39 Å². The molecule has 0 N–H and O–H groups in total. The molecule has 2 aliphatic rings. The van der Waals surface area contributed by atoms with Crippen molar-refractivity contribution >= 4 is 11.4 Å². The van der Waals surface area contributed by atoms with Crippen LogP contribution in [0.3, 0.4) is 0 Å². The van der Waals surface area contributed by atoms with Crippen molar-refractivity contribution in [3.63, 3.8) is 0 Å². The zero-order valence-electron chi connectivity index (χ0n) is 15.1. The van der Waals surface area contributed by atoms with Gasteiger partial charge in [0.25, 0.3) is 0 Å². The van der Waals surface area contributed by atoms with Crippen LogP contribution in [0.25, 0.3) is 0 Å². The van der Waals surface area contributed by atoms with Gasteiger partial charge in [-0.25, -0.2) is 4.39 Å². The minimum Gasteiger partial charge on any atom is -0.390 e. The molecule has 0 bridgehead atoms. The molecule has 0 saturated carbocycles. The standard InChI is InChI=1S/C21H24FN3O/c1-16-3-2-4-17(13-16)21-14-20(26-23-21)15-24-9-11-25(12-10-24)19-7-5-18(22)6-8-19/h2-8,13,20H,9-12,14-15H2,1H3.